The molecule has 7 nitrogen and oxygen atoms in total. The highest BCUT2D eigenvalue weighted by molar-refractivity contribution is 5.70. The molecule has 0 amide bonds. The van der Waals surface area contributed by atoms with E-state index in [0.717, 1.165) is 12.8 Å². The number of nitrogens with zero attached hydrogens (tertiary/aromatic N) is 1. The number of carbonyl (C=O) groups is 1. The molecule has 0 aromatic heterocycles. The minimum atomic E-state index is -0.917. The zero-order valence-corrected chi connectivity index (χ0v) is 11.0. The summed E-state index contributed by atoms with van der Waals surface area (Å²) in [6.45, 7) is 0. The van der Waals surface area contributed by atoms with Crippen molar-refractivity contribution in [3.63, 3.8) is 0 Å². The van der Waals surface area contributed by atoms with Gasteiger partial charge < -0.3 is 15.2 Å². The first-order valence-corrected chi connectivity index (χ1v) is 6.32. The van der Waals surface area contributed by atoms with Crippen molar-refractivity contribution in [1.29, 1.82) is 0 Å². The fourth-order valence-corrected chi connectivity index (χ4v) is 2.14. The van der Waals surface area contributed by atoms with Crippen LogP contribution in [0.25, 0.3) is 0 Å². The van der Waals surface area contributed by atoms with E-state index in [9.17, 15) is 14.9 Å². The van der Waals surface area contributed by atoms with Gasteiger partial charge in [0.25, 0.3) is 5.69 Å². The number of anilines is 1. The van der Waals surface area contributed by atoms with Gasteiger partial charge in [0, 0.05) is 18.2 Å². The van der Waals surface area contributed by atoms with Gasteiger partial charge in [-0.2, -0.15) is 0 Å². The van der Waals surface area contributed by atoms with Crippen LogP contribution in [0.15, 0.2) is 18.2 Å². The summed E-state index contributed by atoms with van der Waals surface area (Å²) in [5.74, 6) is -0.167. The molecule has 1 aromatic rings. The van der Waals surface area contributed by atoms with Crippen LogP contribution in [0.1, 0.15) is 19.3 Å². The van der Waals surface area contributed by atoms with Gasteiger partial charge >= 0.3 is 5.97 Å². The number of methoxy groups -OCH3 is 1. The van der Waals surface area contributed by atoms with Crippen LogP contribution in [0, 0.1) is 16.0 Å². The number of benzene rings is 1. The van der Waals surface area contributed by atoms with Crippen molar-refractivity contribution in [3.8, 4) is 5.75 Å². The highest BCUT2D eigenvalue weighted by atomic mass is 16.6. The summed E-state index contributed by atoms with van der Waals surface area (Å²) >= 11 is 0. The Morgan fingerprint density at radius 3 is 2.80 bits per heavy atom. The fourth-order valence-electron chi connectivity index (χ4n) is 2.14. The van der Waals surface area contributed by atoms with Gasteiger partial charge in [-0.05, 0) is 24.8 Å². The van der Waals surface area contributed by atoms with Crippen LogP contribution in [-0.2, 0) is 4.79 Å². The molecule has 1 fully saturated rings. The fraction of sp³-hybridized carbons (Fsp3) is 0.462. The van der Waals surface area contributed by atoms with Crippen LogP contribution in [-0.4, -0.2) is 29.2 Å². The van der Waals surface area contributed by atoms with Crippen molar-refractivity contribution in [2.75, 3.05) is 12.4 Å². The van der Waals surface area contributed by atoms with Gasteiger partial charge in [0.05, 0.1) is 18.5 Å². The lowest BCUT2D eigenvalue weighted by Crippen LogP contribution is -2.25. The van der Waals surface area contributed by atoms with Crippen LogP contribution in [0.4, 0.5) is 11.4 Å². The molecule has 0 spiro atoms. The smallest absolute Gasteiger partial charge is 0.305 e. The van der Waals surface area contributed by atoms with Crippen molar-refractivity contribution < 1.29 is 19.6 Å². The van der Waals surface area contributed by atoms with Gasteiger partial charge in [-0.1, -0.05) is 0 Å². The van der Waals surface area contributed by atoms with E-state index in [-0.39, 0.29) is 24.1 Å². The van der Waals surface area contributed by atoms with Gasteiger partial charge in [0.1, 0.15) is 11.4 Å². The Morgan fingerprint density at radius 1 is 1.60 bits per heavy atom. The molecule has 7 heteroatoms. The number of carboxylic acids is 1. The molecule has 20 heavy (non-hydrogen) atoms. The van der Waals surface area contributed by atoms with Crippen LogP contribution >= 0.6 is 0 Å². The second kappa shape index (κ2) is 5.77. The van der Waals surface area contributed by atoms with Crippen molar-refractivity contribution in [2.45, 2.75) is 25.3 Å². The first-order valence-electron chi connectivity index (χ1n) is 6.32. The number of ether oxygens (including phenoxy) is 1. The number of hydrogen-bond donors (Lipinski definition) is 2. The molecule has 1 aromatic carbocycles. The first kappa shape index (κ1) is 14.1. The Labute approximate surface area is 115 Å². The largest absolute Gasteiger partial charge is 0.497 e. The predicted molar refractivity (Wildman–Crippen MR) is 72.0 cm³/mol. The van der Waals surface area contributed by atoms with Crippen molar-refractivity contribution in [3.05, 3.63) is 28.3 Å². The minimum absolute atomic E-state index is 0.0565. The molecule has 2 rings (SSSR count). The predicted octanol–water partition coefficient (Wildman–Crippen LogP) is 2.27. The number of hydrogen-bond acceptors (Lipinski definition) is 5. The highest BCUT2D eigenvalue weighted by Gasteiger charge is 2.33. The van der Waals surface area contributed by atoms with E-state index in [1.165, 1.54) is 25.3 Å². The average Bonchev–Trinajstić information content (AvgIpc) is 3.21. The van der Waals surface area contributed by atoms with Crippen LogP contribution in [0.5, 0.6) is 5.75 Å². The average molecular weight is 280 g/mol. The van der Waals surface area contributed by atoms with Gasteiger partial charge in [0.15, 0.2) is 0 Å². The summed E-state index contributed by atoms with van der Waals surface area (Å²) in [7, 11) is 1.47. The Morgan fingerprint density at radius 2 is 2.30 bits per heavy atom. The molecule has 1 aliphatic rings. The summed E-state index contributed by atoms with van der Waals surface area (Å²) in [6.07, 6.45) is 1.84. The lowest BCUT2D eigenvalue weighted by Gasteiger charge is -2.18. The van der Waals surface area contributed by atoms with Crippen LogP contribution < -0.4 is 10.1 Å². The Balaban J connectivity index is 2.24. The van der Waals surface area contributed by atoms with E-state index >= 15 is 0 Å². The Bertz CT molecular complexity index is 527. The quantitative estimate of drug-likeness (QED) is 0.586. The summed E-state index contributed by atoms with van der Waals surface area (Å²) in [5, 5.41) is 22.9. The number of nitro groups is 1. The van der Waals surface area contributed by atoms with E-state index in [0.29, 0.717) is 11.4 Å². The molecule has 1 unspecified atom stereocenters. The third-order valence-corrected chi connectivity index (χ3v) is 3.33. The van der Waals surface area contributed by atoms with Gasteiger partial charge in [-0.15, -0.1) is 0 Å². The standard InChI is InChI=1S/C13H16N2O5/c1-20-9-4-5-12(15(18)19)11(6-9)14-10(7-13(16)17)8-2-3-8/h4-6,8,10,14H,2-3,7H2,1H3,(H,16,17). The summed E-state index contributed by atoms with van der Waals surface area (Å²) < 4.78 is 5.05. The zero-order chi connectivity index (χ0) is 14.7. The van der Waals surface area contributed by atoms with Gasteiger partial charge in [-0.3, -0.25) is 14.9 Å². The summed E-state index contributed by atoms with van der Waals surface area (Å²) in [5.41, 5.74) is 0.217. The molecule has 1 atom stereocenters. The molecule has 0 aliphatic heterocycles. The maximum absolute atomic E-state index is 11.0. The van der Waals surface area contributed by atoms with Crippen molar-refractivity contribution >= 4 is 17.3 Å². The molecule has 1 saturated carbocycles. The SMILES string of the molecule is COc1ccc([N+](=O)[O-])c(NC(CC(=O)O)C2CC2)c1. The van der Waals surface area contributed by atoms with E-state index in [1.807, 2.05) is 0 Å². The third-order valence-electron chi connectivity index (χ3n) is 3.33. The lowest BCUT2D eigenvalue weighted by molar-refractivity contribution is -0.384. The maximum Gasteiger partial charge on any atom is 0.305 e. The number of aliphatic carboxylic acids is 1. The Kier molecular flexibility index (Phi) is 4.07. The van der Waals surface area contributed by atoms with E-state index in [4.69, 9.17) is 9.84 Å². The molecular weight excluding hydrogens is 264 g/mol. The van der Waals surface area contributed by atoms with Crippen molar-refractivity contribution in [2.24, 2.45) is 5.92 Å². The molecule has 0 saturated heterocycles. The summed E-state index contributed by atoms with van der Waals surface area (Å²) in [4.78, 5) is 21.4. The van der Waals surface area contributed by atoms with Gasteiger partial charge in [0.2, 0.25) is 0 Å². The minimum Gasteiger partial charge on any atom is -0.497 e. The number of nitrogens with one attached hydrogen (secondary N) is 1. The number of nitro benzene ring substituents is 1. The molecule has 0 heterocycles. The summed E-state index contributed by atoms with van der Waals surface area (Å²) in [6, 6.07) is 4.09. The second-order valence-corrected chi connectivity index (χ2v) is 4.83. The maximum atomic E-state index is 11.0. The number of rotatable bonds is 7. The van der Waals surface area contributed by atoms with E-state index in [2.05, 4.69) is 5.32 Å². The van der Waals surface area contributed by atoms with Crippen LogP contribution in [0.3, 0.4) is 0 Å². The van der Waals surface area contributed by atoms with Gasteiger partial charge in [-0.25, -0.2) is 0 Å². The third kappa shape index (κ3) is 3.37. The molecule has 2 N–H and O–H groups in total. The molecule has 0 radical (unpaired) electrons. The molecule has 1 aliphatic carbocycles. The molecule has 108 valence electrons. The normalized spacial score (nSPS) is 15.4. The lowest BCUT2D eigenvalue weighted by atomic mass is 10.1. The van der Waals surface area contributed by atoms with E-state index < -0.39 is 10.9 Å². The second-order valence-electron chi connectivity index (χ2n) is 4.83. The first-order chi connectivity index (χ1) is 9.51. The molecular formula is C13H16N2O5. The highest BCUT2D eigenvalue weighted by Crippen LogP contribution is 2.38. The zero-order valence-electron chi connectivity index (χ0n) is 11.0. The topological polar surface area (TPSA) is 102 Å². The van der Waals surface area contributed by atoms with Crippen molar-refractivity contribution in [1.82, 2.24) is 0 Å². The monoisotopic (exact) mass is 280 g/mol. The van der Waals surface area contributed by atoms with Crippen LogP contribution in [0.2, 0.25) is 0 Å². The molecule has 0 bridgehead atoms. The Hall–Kier alpha value is -2.31. The van der Waals surface area contributed by atoms with E-state index in [1.54, 1.807) is 0 Å². The number of carboxylic acid groups (broad SMARTS) is 1.